The first kappa shape index (κ1) is 11.8. The van der Waals surface area contributed by atoms with Crippen molar-refractivity contribution in [2.24, 2.45) is 0 Å². The number of aliphatic hydroxyl groups is 1. The van der Waals surface area contributed by atoms with Gasteiger partial charge in [0.15, 0.2) is 0 Å². The fraction of sp³-hybridized carbons (Fsp3) is 0.214. The maximum atomic E-state index is 9.22. The predicted octanol–water partition coefficient (Wildman–Crippen LogP) is 2.41. The largest absolute Gasteiger partial charge is 0.395 e. The van der Waals surface area contributed by atoms with Crippen LogP contribution in [0.5, 0.6) is 0 Å². The van der Waals surface area contributed by atoms with Crippen LogP contribution >= 0.6 is 0 Å². The number of anilines is 2. The van der Waals surface area contributed by atoms with Crippen molar-refractivity contribution in [3.63, 3.8) is 0 Å². The second-order valence-electron chi connectivity index (χ2n) is 4.51. The lowest BCUT2D eigenvalue weighted by molar-refractivity contribution is 0.278. The maximum Gasteiger partial charge on any atom is 0.209 e. The third-order valence-corrected chi connectivity index (χ3v) is 3.07. The summed E-state index contributed by atoms with van der Waals surface area (Å²) in [6.45, 7) is 2.64. The standard InChI is InChI=1S/C14H16N4O/c1-10-4-5-12-11(9-10)16-14(18(12)7-8-19)17-13-3-2-6-15-13/h2-6,9,15,19H,7-8H2,1H3,(H,16,17). The average molecular weight is 256 g/mol. The molecule has 0 unspecified atom stereocenters. The Morgan fingerprint density at radius 1 is 1.37 bits per heavy atom. The number of aryl methyl sites for hydroxylation is 1. The smallest absolute Gasteiger partial charge is 0.209 e. The van der Waals surface area contributed by atoms with E-state index in [1.807, 2.05) is 42.0 Å². The number of benzene rings is 1. The highest BCUT2D eigenvalue weighted by Crippen LogP contribution is 2.22. The number of fused-ring (bicyclic) bond motifs is 1. The number of rotatable bonds is 4. The van der Waals surface area contributed by atoms with Gasteiger partial charge in [-0.2, -0.15) is 0 Å². The molecule has 1 aromatic carbocycles. The van der Waals surface area contributed by atoms with Gasteiger partial charge in [-0.15, -0.1) is 0 Å². The summed E-state index contributed by atoms with van der Waals surface area (Å²) < 4.78 is 1.98. The topological polar surface area (TPSA) is 65.9 Å². The minimum atomic E-state index is 0.0821. The lowest BCUT2D eigenvalue weighted by atomic mass is 10.2. The van der Waals surface area contributed by atoms with E-state index < -0.39 is 0 Å². The highest BCUT2D eigenvalue weighted by molar-refractivity contribution is 5.80. The van der Waals surface area contributed by atoms with Gasteiger partial charge >= 0.3 is 0 Å². The summed E-state index contributed by atoms with van der Waals surface area (Å²) in [4.78, 5) is 7.67. The molecule has 3 N–H and O–H groups in total. The van der Waals surface area contributed by atoms with E-state index in [0.29, 0.717) is 6.54 Å². The van der Waals surface area contributed by atoms with Crippen LogP contribution in [0.3, 0.4) is 0 Å². The molecule has 0 aliphatic carbocycles. The first-order valence-corrected chi connectivity index (χ1v) is 6.26. The van der Waals surface area contributed by atoms with Crippen molar-refractivity contribution in [1.29, 1.82) is 0 Å². The van der Waals surface area contributed by atoms with Crippen molar-refractivity contribution >= 4 is 22.8 Å². The molecule has 2 aromatic heterocycles. The molecule has 0 radical (unpaired) electrons. The van der Waals surface area contributed by atoms with Crippen LogP contribution in [0.2, 0.25) is 0 Å². The molecule has 0 aliphatic heterocycles. The molecule has 0 saturated carbocycles. The third kappa shape index (κ3) is 2.20. The molecule has 19 heavy (non-hydrogen) atoms. The van der Waals surface area contributed by atoms with Crippen molar-refractivity contribution < 1.29 is 5.11 Å². The van der Waals surface area contributed by atoms with Gasteiger partial charge in [-0.3, -0.25) is 0 Å². The summed E-state index contributed by atoms with van der Waals surface area (Å²) in [6.07, 6.45) is 1.85. The summed E-state index contributed by atoms with van der Waals surface area (Å²) in [5.74, 6) is 1.61. The summed E-state index contributed by atoms with van der Waals surface area (Å²) in [5.41, 5.74) is 3.13. The molecule has 3 aromatic rings. The van der Waals surface area contributed by atoms with Crippen LogP contribution in [0.1, 0.15) is 5.56 Å². The van der Waals surface area contributed by atoms with Crippen LogP contribution in [-0.4, -0.2) is 26.2 Å². The molecule has 0 aliphatic rings. The van der Waals surface area contributed by atoms with Gasteiger partial charge < -0.3 is 20.0 Å². The van der Waals surface area contributed by atoms with E-state index in [1.165, 1.54) is 5.56 Å². The number of aromatic amines is 1. The number of hydrogen-bond donors (Lipinski definition) is 3. The lowest BCUT2D eigenvalue weighted by Crippen LogP contribution is -2.06. The van der Waals surface area contributed by atoms with E-state index in [1.54, 1.807) is 0 Å². The fourth-order valence-electron chi connectivity index (χ4n) is 2.19. The van der Waals surface area contributed by atoms with Crippen LogP contribution in [0.25, 0.3) is 11.0 Å². The zero-order valence-electron chi connectivity index (χ0n) is 10.7. The predicted molar refractivity (Wildman–Crippen MR) is 75.6 cm³/mol. The van der Waals surface area contributed by atoms with Gasteiger partial charge in [0.2, 0.25) is 5.95 Å². The normalized spacial score (nSPS) is 11.1. The van der Waals surface area contributed by atoms with E-state index in [0.717, 1.165) is 22.8 Å². The molecule has 0 amide bonds. The number of H-pyrrole nitrogens is 1. The first-order valence-electron chi connectivity index (χ1n) is 6.26. The second-order valence-corrected chi connectivity index (χ2v) is 4.51. The molecule has 0 atom stereocenters. The Balaban J connectivity index is 2.08. The molecule has 0 spiro atoms. The van der Waals surface area contributed by atoms with Crippen molar-refractivity contribution in [1.82, 2.24) is 14.5 Å². The van der Waals surface area contributed by atoms with Gasteiger partial charge in [0.25, 0.3) is 0 Å². The van der Waals surface area contributed by atoms with Crippen molar-refractivity contribution in [2.45, 2.75) is 13.5 Å². The number of aliphatic hydroxyl groups excluding tert-OH is 1. The highest BCUT2D eigenvalue weighted by atomic mass is 16.3. The van der Waals surface area contributed by atoms with E-state index in [4.69, 9.17) is 0 Å². The van der Waals surface area contributed by atoms with Crippen molar-refractivity contribution in [3.05, 3.63) is 42.1 Å². The van der Waals surface area contributed by atoms with Gasteiger partial charge in [0.1, 0.15) is 5.82 Å². The van der Waals surface area contributed by atoms with Crippen LogP contribution in [0.4, 0.5) is 11.8 Å². The van der Waals surface area contributed by atoms with Gasteiger partial charge in [-0.1, -0.05) is 6.07 Å². The molecule has 0 saturated heterocycles. The number of aromatic nitrogens is 3. The molecule has 2 heterocycles. The maximum absolute atomic E-state index is 9.22. The Hall–Kier alpha value is -2.27. The fourth-order valence-corrected chi connectivity index (χ4v) is 2.19. The van der Waals surface area contributed by atoms with Gasteiger partial charge in [0, 0.05) is 12.7 Å². The third-order valence-electron chi connectivity index (χ3n) is 3.07. The number of hydrogen-bond acceptors (Lipinski definition) is 3. The van der Waals surface area contributed by atoms with Crippen LogP contribution < -0.4 is 5.32 Å². The minimum Gasteiger partial charge on any atom is -0.395 e. The van der Waals surface area contributed by atoms with E-state index in [-0.39, 0.29) is 6.61 Å². The van der Waals surface area contributed by atoms with Crippen LogP contribution in [-0.2, 0) is 6.54 Å². The zero-order chi connectivity index (χ0) is 13.2. The number of imidazole rings is 1. The summed E-state index contributed by atoms with van der Waals surface area (Å²) in [5, 5.41) is 12.4. The number of nitrogens with one attached hydrogen (secondary N) is 2. The average Bonchev–Trinajstić information content (AvgIpc) is 2.99. The van der Waals surface area contributed by atoms with Crippen LogP contribution in [0, 0.1) is 6.92 Å². The Bertz CT molecular complexity index is 685. The Kier molecular flexibility index (Phi) is 2.97. The summed E-state index contributed by atoms with van der Waals surface area (Å²) in [6, 6.07) is 9.99. The quantitative estimate of drug-likeness (QED) is 0.671. The molecule has 3 rings (SSSR count). The minimum absolute atomic E-state index is 0.0821. The lowest BCUT2D eigenvalue weighted by Gasteiger charge is -2.08. The zero-order valence-corrected chi connectivity index (χ0v) is 10.7. The first-order chi connectivity index (χ1) is 9.28. The van der Waals surface area contributed by atoms with Gasteiger partial charge in [-0.05, 0) is 36.8 Å². The highest BCUT2D eigenvalue weighted by Gasteiger charge is 2.10. The van der Waals surface area contributed by atoms with Gasteiger partial charge in [-0.25, -0.2) is 4.98 Å². The second kappa shape index (κ2) is 4.78. The van der Waals surface area contributed by atoms with Gasteiger partial charge in [0.05, 0.1) is 17.6 Å². The van der Waals surface area contributed by atoms with Crippen molar-refractivity contribution in [2.75, 3.05) is 11.9 Å². The molecule has 0 bridgehead atoms. The van der Waals surface area contributed by atoms with E-state index >= 15 is 0 Å². The molecular weight excluding hydrogens is 240 g/mol. The number of nitrogens with zero attached hydrogens (tertiary/aromatic N) is 2. The molecule has 98 valence electrons. The summed E-state index contributed by atoms with van der Waals surface area (Å²) >= 11 is 0. The molecule has 5 nitrogen and oxygen atoms in total. The van der Waals surface area contributed by atoms with E-state index in [9.17, 15) is 5.11 Å². The molecule has 0 fully saturated rings. The van der Waals surface area contributed by atoms with E-state index in [2.05, 4.69) is 21.4 Å². The SMILES string of the molecule is Cc1ccc2c(c1)nc(Nc1ccc[nH]1)n2CCO. The molecular formula is C14H16N4O. The monoisotopic (exact) mass is 256 g/mol. The Morgan fingerprint density at radius 3 is 3.00 bits per heavy atom. The molecule has 5 heteroatoms. The Morgan fingerprint density at radius 2 is 2.26 bits per heavy atom. The Labute approximate surface area is 110 Å². The van der Waals surface area contributed by atoms with Crippen molar-refractivity contribution in [3.8, 4) is 0 Å². The summed E-state index contributed by atoms with van der Waals surface area (Å²) in [7, 11) is 0. The van der Waals surface area contributed by atoms with Crippen LogP contribution in [0.15, 0.2) is 36.5 Å².